The predicted molar refractivity (Wildman–Crippen MR) is 75.4 cm³/mol. The van der Waals surface area contributed by atoms with E-state index in [1.165, 1.54) is 4.31 Å². The Bertz CT molecular complexity index is 396. The second kappa shape index (κ2) is 7.37. The van der Waals surface area contributed by atoms with Gasteiger partial charge < -0.3 is 9.47 Å². The molecule has 0 atom stereocenters. The van der Waals surface area contributed by atoms with Crippen molar-refractivity contribution in [3.05, 3.63) is 30.3 Å². The van der Waals surface area contributed by atoms with Gasteiger partial charge in [-0.2, -0.15) is 0 Å². The fourth-order valence-corrected chi connectivity index (χ4v) is 1.92. The number of nitrogens with zero attached hydrogens (tertiary/aromatic N) is 2. The van der Waals surface area contributed by atoms with Crippen molar-refractivity contribution >= 4 is 18.9 Å². The van der Waals surface area contributed by atoms with Gasteiger partial charge in [0, 0.05) is 26.2 Å². The smallest absolute Gasteiger partial charge is 0.410 e. The maximum atomic E-state index is 11.8. The molecule has 0 bridgehead atoms. The molecule has 1 aromatic carbocycles. The Kier molecular flexibility index (Phi) is 5.50. The zero-order valence-corrected chi connectivity index (χ0v) is 11.6. The molecule has 2 rings (SSSR count). The lowest BCUT2D eigenvalue weighted by Crippen LogP contribution is -2.41. The van der Waals surface area contributed by atoms with Gasteiger partial charge in [0.05, 0.1) is 13.2 Å². The van der Waals surface area contributed by atoms with Gasteiger partial charge in [-0.3, -0.25) is 9.21 Å². The number of para-hydroxylation sites is 1. The van der Waals surface area contributed by atoms with Gasteiger partial charge in [0.2, 0.25) is 0 Å². The fraction of sp³-hybridized carbons (Fsp3) is 0.462. The minimum absolute atomic E-state index is 0.456. The first-order valence-electron chi connectivity index (χ1n) is 6.29. The van der Waals surface area contributed by atoms with Gasteiger partial charge in [-0.15, -0.1) is 0 Å². The Labute approximate surface area is 118 Å². The summed E-state index contributed by atoms with van der Waals surface area (Å²) < 4.78 is 11.7. The van der Waals surface area contributed by atoms with Crippen molar-refractivity contribution in [2.24, 2.45) is 0 Å². The van der Waals surface area contributed by atoms with Crippen molar-refractivity contribution in [1.82, 2.24) is 9.21 Å². The Morgan fingerprint density at radius 1 is 1.32 bits per heavy atom. The monoisotopic (exact) mass is 282 g/mol. The molecule has 0 unspecified atom stereocenters. The second-order valence-electron chi connectivity index (χ2n) is 4.26. The van der Waals surface area contributed by atoms with Gasteiger partial charge in [-0.1, -0.05) is 31.0 Å². The van der Waals surface area contributed by atoms with Crippen LogP contribution >= 0.6 is 12.8 Å². The van der Waals surface area contributed by atoms with Crippen molar-refractivity contribution in [1.29, 1.82) is 0 Å². The van der Waals surface area contributed by atoms with Crippen molar-refractivity contribution in [2.45, 2.75) is 0 Å². The quantitative estimate of drug-likeness (QED) is 0.853. The number of rotatable bonds is 4. The highest BCUT2D eigenvalue weighted by Gasteiger charge is 2.15. The number of hydrogen-bond acceptors (Lipinski definition) is 5. The highest BCUT2D eigenvalue weighted by atomic mass is 32.1. The lowest BCUT2D eigenvalue weighted by atomic mass is 10.3. The van der Waals surface area contributed by atoms with Gasteiger partial charge in [-0.25, -0.2) is 4.79 Å². The summed E-state index contributed by atoms with van der Waals surface area (Å²) in [6.45, 7) is 4.60. The summed E-state index contributed by atoms with van der Waals surface area (Å²) in [5.74, 6) is 0.526. The third-order valence-corrected chi connectivity index (χ3v) is 3.25. The normalized spacial score (nSPS) is 16.1. The van der Waals surface area contributed by atoms with Crippen LogP contribution < -0.4 is 4.74 Å². The van der Waals surface area contributed by atoms with E-state index in [4.69, 9.17) is 9.47 Å². The van der Waals surface area contributed by atoms with E-state index >= 15 is 0 Å². The average Bonchev–Trinajstić information content (AvgIpc) is 2.47. The Balaban J connectivity index is 1.73. The van der Waals surface area contributed by atoms with E-state index in [9.17, 15) is 4.79 Å². The summed E-state index contributed by atoms with van der Waals surface area (Å²) in [5.41, 5.74) is 0. The van der Waals surface area contributed by atoms with Gasteiger partial charge in [0.1, 0.15) is 5.75 Å². The van der Waals surface area contributed by atoms with E-state index in [2.05, 4.69) is 17.7 Å². The first-order chi connectivity index (χ1) is 9.25. The number of amides is 1. The summed E-state index contributed by atoms with van der Waals surface area (Å²) in [6, 6.07) is 8.98. The standard InChI is InChI=1S/C13H18N2O3S/c16-13(18-12-4-2-1-3-5-12)15(19)7-6-14-8-10-17-11-9-14/h1-5,19H,6-11H2. The van der Waals surface area contributed by atoms with Gasteiger partial charge in [-0.05, 0) is 12.1 Å². The summed E-state index contributed by atoms with van der Waals surface area (Å²) in [5, 5.41) is 0. The van der Waals surface area contributed by atoms with Crippen LogP contribution in [-0.2, 0) is 4.74 Å². The van der Waals surface area contributed by atoms with Crippen molar-refractivity contribution in [3.8, 4) is 5.75 Å². The number of carbonyl (C=O) groups is 1. The van der Waals surface area contributed by atoms with Crippen LogP contribution in [0.2, 0.25) is 0 Å². The lowest BCUT2D eigenvalue weighted by Gasteiger charge is -2.27. The minimum atomic E-state index is -0.456. The van der Waals surface area contributed by atoms with Crippen LogP contribution in [0.5, 0.6) is 5.75 Å². The lowest BCUT2D eigenvalue weighted by molar-refractivity contribution is 0.0368. The molecule has 1 aliphatic heterocycles. The SMILES string of the molecule is O=C(Oc1ccccc1)N(S)CCN1CCOCC1. The van der Waals surface area contributed by atoms with Crippen LogP contribution in [0.1, 0.15) is 0 Å². The predicted octanol–water partition coefficient (Wildman–Crippen LogP) is 1.66. The fourth-order valence-electron chi connectivity index (χ4n) is 1.79. The van der Waals surface area contributed by atoms with E-state index in [0.717, 1.165) is 32.8 Å². The molecule has 19 heavy (non-hydrogen) atoms. The number of thiol groups is 1. The molecular weight excluding hydrogens is 264 g/mol. The summed E-state index contributed by atoms with van der Waals surface area (Å²) in [7, 11) is 0. The molecule has 0 aromatic heterocycles. The number of carbonyl (C=O) groups excluding carboxylic acids is 1. The molecule has 6 heteroatoms. The van der Waals surface area contributed by atoms with Gasteiger partial charge in [0.25, 0.3) is 0 Å². The molecule has 0 aliphatic carbocycles. The van der Waals surface area contributed by atoms with Crippen LogP contribution in [0, 0.1) is 0 Å². The third-order valence-electron chi connectivity index (χ3n) is 2.89. The van der Waals surface area contributed by atoms with Crippen molar-refractivity contribution < 1.29 is 14.3 Å². The van der Waals surface area contributed by atoms with E-state index in [-0.39, 0.29) is 0 Å². The van der Waals surface area contributed by atoms with Gasteiger partial charge >= 0.3 is 6.09 Å². The average molecular weight is 282 g/mol. The molecule has 1 heterocycles. The van der Waals surface area contributed by atoms with Gasteiger partial charge in [0.15, 0.2) is 0 Å². The molecule has 1 aliphatic rings. The molecule has 1 amide bonds. The third kappa shape index (κ3) is 4.74. The zero-order valence-electron chi connectivity index (χ0n) is 10.7. The van der Waals surface area contributed by atoms with Crippen LogP contribution in [0.4, 0.5) is 4.79 Å². The molecular formula is C13H18N2O3S. The summed E-state index contributed by atoms with van der Waals surface area (Å²) in [6.07, 6.45) is -0.456. The Hall–Kier alpha value is -1.24. The minimum Gasteiger partial charge on any atom is -0.410 e. The Morgan fingerprint density at radius 2 is 2.00 bits per heavy atom. The maximum Gasteiger partial charge on any atom is 0.425 e. The number of hydrogen-bond donors (Lipinski definition) is 1. The molecule has 0 spiro atoms. The first kappa shape index (κ1) is 14.2. The van der Waals surface area contributed by atoms with E-state index in [1.54, 1.807) is 12.1 Å². The second-order valence-corrected chi connectivity index (χ2v) is 4.74. The highest BCUT2D eigenvalue weighted by Crippen LogP contribution is 2.11. The number of benzene rings is 1. The highest BCUT2D eigenvalue weighted by molar-refractivity contribution is 7.78. The van der Waals surface area contributed by atoms with Crippen LogP contribution in [0.15, 0.2) is 30.3 Å². The van der Waals surface area contributed by atoms with Crippen LogP contribution in [0.25, 0.3) is 0 Å². The van der Waals surface area contributed by atoms with Crippen LogP contribution in [-0.4, -0.2) is 54.7 Å². The van der Waals surface area contributed by atoms with Crippen molar-refractivity contribution in [2.75, 3.05) is 39.4 Å². The van der Waals surface area contributed by atoms with Crippen molar-refractivity contribution in [3.63, 3.8) is 0 Å². The maximum absolute atomic E-state index is 11.8. The zero-order chi connectivity index (χ0) is 13.5. The number of ether oxygens (including phenoxy) is 2. The molecule has 0 saturated carbocycles. The molecule has 1 fully saturated rings. The van der Waals surface area contributed by atoms with E-state index in [1.807, 2.05) is 18.2 Å². The van der Waals surface area contributed by atoms with Crippen LogP contribution in [0.3, 0.4) is 0 Å². The van der Waals surface area contributed by atoms with E-state index < -0.39 is 6.09 Å². The number of morpholine rings is 1. The molecule has 104 valence electrons. The molecule has 5 nitrogen and oxygen atoms in total. The largest absolute Gasteiger partial charge is 0.425 e. The van der Waals surface area contributed by atoms with E-state index in [0.29, 0.717) is 12.3 Å². The Morgan fingerprint density at radius 3 is 2.68 bits per heavy atom. The first-order valence-corrected chi connectivity index (χ1v) is 6.69. The topological polar surface area (TPSA) is 42.0 Å². The molecule has 1 saturated heterocycles. The molecule has 1 aromatic rings. The summed E-state index contributed by atoms with van der Waals surface area (Å²) in [4.78, 5) is 14.0. The molecule has 0 N–H and O–H groups in total. The summed E-state index contributed by atoms with van der Waals surface area (Å²) >= 11 is 4.16. The molecule has 0 radical (unpaired) electrons.